The molecule has 0 aliphatic rings. The standard InChI is InChI=1S/C12H11BrFNO3S/c1-15(8-10-4-7-12(13)18-10)19(16,17)11-5-2-9(14)3-6-11/h2-7H,8H2,1H3. The lowest BCUT2D eigenvalue weighted by atomic mass is 10.4. The molecule has 7 heteroatoms. The summed E-state index contributed by atoms with van der Waals surface area (Å²) in [4.78, 5) is 0.0435. The van der Waals surface area contributed by atoms with Gasteiger partial charge in [-0.05, 0) is 52.3 Å². The maximum atomic E-state index is 12.8. The number of benzene rings is 1. The fourth-order valence-corrected chi connectivity index (χ4v) is 3.00. The maximum absolute atomic E-state index is 12.8. The quantitative estimate of drug-likeness (QED) is 0.854. The summed E-state index contributed by atoms with van der Waals surface area (Å²) in [6.45, 7) is 0.102. The lowest BCUT2D eigenvalue weighted by molar-refractivity contribution is 0.398. The molecule has 1 heterocycles. The van der Waals surface area contributed by atoms with E-state index in [1.54, 1.807) is 12.1 Å². The van der Waals surface area contributed by atoms with Gasteiger partial charge in [-0.15, -0.1) is 0 Å². The van der Waals surface area contributed by atoms with Crippen LogP contribution >= 0.6 is 15.9 Å². The van der Waals surface area contributed by atoms with Gasteiger partial charge in [0.05, 0.1) is 11.4 Å². The Labute approximate surface area is 119 Å². The van der Waals surface area contributed by atoms with Crippen LogP contribution in [0.5, 0.6) is 0 Å². The summed E-state index contributed by atoms with van der Waals surface area (Å²) >= 11 is 3.15. The van der Waals surface area contributed by atoms with Gasteiger partial charge >= 0.3 is 0 Å². The number of halogens is 2. The van der Waals surface area contributed by atoms with Crippen LogP contribution in [0.1, 0.15) is 5.76 Å². The molecule has 2 rings (SSSR count). The zero-order chi connectivity index (χ0) is 14.0. The fourth-order valence-electron chi connectivity index (χ4n) is 1.53. The molecule has 0 saturated heterocycles. The molecule has 19 heavy (non-hydrogen) atoms. The minimum absolute atomic E-state index is 0.0435. The van der Waals surface area contributed by atoms with Crippen LogP contribution in [-0.4, -0.2) is 19.8 Å². The molecule has 1 aromatic carbocycles. The van der Waals surface area contributed by atoms with E-state index in [9.17, 15) is 12.8 Å². The first-order valence-corrected chi connectivity index (χ1v) is 7.59. The van der Waals surface area contributed by atoms with Crippen molar-refractivity contribution in [2.75, 3.05) is 7.05 Å². The number of sulfonamides is 1. The molecule has 0 fully saturated rings. The van der Waals surface area contributed by atoms with Gasteiger partial charge in [-0.3, -0.25) is 0 Å². The third-order valence-corrected chi connectivity index (χ3v) is 4.77. The second kappa shape index (κ2) is 5.44. The summed E-state index contributed by atoms with van der Waals surface area (Å²) < 4.78 is 44.1. The normalized spacial score (nSPS) is 12.0. The predicted octanol–water partition coefficient (Wildman–Crippen LogP) is 3.00. The van der Waals surface area contributed by atoms with Crippen molar-refractivity contribution >= 4 is 26.0 Å². The van der Waals surface area contributed by atoms with Gasteiger partial charge in [0.25, 0.3) is 0 Å². The van der Waals surface area contributed by atoms with Gasteiger partial charge in [0.2, 0.25) is 10.0 Å². The van der Waals surface area contributed by atoms with Gasteiger partial charge < -0.3 is 4.42 Å². The number of hydrogen-bond acceptors (Lipinski definition) is 3. The topological polar surface area (TPSA) is 50.5 Å². The van der Waals surface area contributed by atoms with E-state index in [1.165, 1.54) is 19.2 Å². The molecular weight excluding hydrogens is 337 g/mol. The van der Waals surface area contributed by atoms with Crippen LogP contribution < -0.4 is 0 Å². The molecule has 0 N–H and O–H groups in total. The van der Waals surface area contributed by atoms with Gasteiger partial charge in [0.15, 0.2) is 4.67 Å². The first-order chi connectivity index (χ1) is 8.89. The van der Waals surface area contributed by atoms with Gasteiger partial charge in [-0.2, -0.15) is 4.31 Å². The van der Waals surface area contributed by atoms with E-state index in [2.05, 4.69) is 15.9 Å². The van der Waals surface area contributed by atoms with Crippen molar-refractivity contribution in [2.24, 2.45) is 0 Å². The van der Waals surface area contributed by atoms with Crippen LogP contribution in [-0.2, 0) is 16.6 Å². The van der Waals surface area contributed by atoms with Gasteiger partial charge in [-0.1, -0.05) is 0 Å². The average molecular weight is 348 g/mol. The number of hydrogen-bond donors (Lipinski definition) is 0. The van der Waals surface area contributed by atoms with E-state index in [0.717, 1.165) is 16.4 Å². The maximum Gasteiger partial charge on any atom is 0.243 e. The fraction of sp³-hybridized carbons (Fsp3) is 0.167. The van der Waals surface area contributed by atoms with E-state index in [0.29, 0.717) is 10.4 Å². The van der Waals surface area contributed by atoms with Crippen LogP contribution in [0, 0.1) is 5.82 Å². The van der Waals surface area contributed by atoms with Crippen molar-refractivity contribution in [3.8, 4) is 0 Å². The lowest BCUT2D eigenvalue weighted by Crippen LogP contribution is -2.26. The first-order valence-electron chi connectivity index (χ1n) is 5.36. The van der Waals surface area contributed by atoms with Crippen molar-refractivity contribution < 1.29 is 17.2 Å². The SMILES string of the molecule is CN(Cc1ccc(Br)o1)S(=O)(=O)c1ccc(F)cc1. The average Bonchev–Trinajstić information content (AvgIpc) is 2.75. The summed E-state index contributed by atoms with van der Waals surface area (Å²) in [6, 6.07) is 8.07. The molecule has 0 radical (unpaired) electrons. The zero-order valence-corrected chi connectivity index (χ0v) is 12.4. The van der Waals surface area contributed by atoms with Crippen LogP contribution in [0.15, 0.2) is 50.4 Å². The smallest absolute Gasteiger partial charge is 0.243 e. The van der Waals surface area contributed by atoms with Crippen molar-refractivity contribution in [1.82, 2.24) is 4.31 Å². The van der Waals surface area contributed by atoms with Crippen LogP contribution in [0.2, 0.25) is 0 Å². The predicted molar refractivity (Wildman–Crippen MR) is 71.5 cm³/mol. The van der Waals surface area contributed by atoms with Gasteiger partial charge in [0.1, 0.15) is 11.6 Å². The number of nitrogens with zero attached hydrogens (tertiary/aromatic N) is 1. The molecule has 0 unspecified atom stereocenters. The second-order valence-corrected chi connectivity index (χ2v) is 6.75. The molecule has 2 aromatic rings. The molecule has 0 bridgehead atoms. The molecule has 4 nitrogen and oxygen atoms in total. The largest absolute Gasteiger partial charge is 0.453 e. The minimum Gasteiger partial charge on any atom is -0.453 e. The van der Waals surface area contributed by atoms with Crippen molar-refractivity contribution in [3.63, 3.8) is 0 Å². The monoisotopic (exact) mass is 347 g/mol. The zero-order valence-electron chi connectivity index (χ0n) is 10.0. The summed E-state index contributed by atoms with van der Waals surface area (Å²) in [7, 11) is -2.21. The molecule has 0 aliphatic carbocycles. The van der Waals surface area contributed by atoms with Crippen molar-refractivity contribution in [3.05, 3.63) is 52.6 Å². The molecule has 0 saturated carbocycles. The summed E-state index contributed by atoms with van der Waals surface area (Å²) in [6.07, 6.45) is 0. The van der Waals surface area contributed by atoms with E-state index in [-0.39, 0.29) is 11.4 Å². The molecule has 1 aromatic heterocycles. The van der Waals surface area contributed by atoms with Gasteiger partial charge in [-0.25, -0.2) is 12.8 Å². The highest BCUT2D eigenvalue weighted by atomic mass is 79.9. The highest BCUT2D eigenvalue weighted by molar-refractivity contribution is 9.10. The minimum atomic E-state index is -3.65. The van der Waals surface area contributed by atoms with Gasteiger partial charge in [0, 0.05) is 7.05 Å². The third-order valence-electron chi connectivity index (χ3n) is 2.53. The highest BCUT2D eigenvalue weighted by Crippen LogP contribution is 2.20. The summed E-state index contributed by atoms with van der Waals surface area (Å²) in [5, 5.41) is 0. The van der Waals surface area contributed by atoms with Crippen molar-refractivity contribution in [1.29, 1.82) is 0 Å². The number of furan rings is 1. The van der Waals surface area contributed by atoms with E-state index >= 15 is 0 Å². The molecule has 0 atom stereocenters. The number of rotatable bonds is 4. The Morgan fingerprint density at radius 2 is 1.84 bits per heavy atom. The van der Waals surface area contributed by atoms with Crippen LogP contribution in [0.4, 0.5) is 4.39 Å². The van der Waals surface area contributed by atoms with Crippen LogP contribution in [0.3, 0.4) is 0 Å². The summed E-state index contributed by atoms with van der Waals surface area (Å²) in [5.74, 6) is 0.0385. The van der Waals surface area contributed by atoms with E-state index in [4.69, 9.17) is 4.42 Å². The Hall–Kier alpha value is -1.18. The molecule has 0 aliphatic heterocycles. The Morgan fingerprint density at radius 3 is 2.37 bits per heavy atom. The Kier molecular flexibility index (Phi) is 4.07. The second-order valence-electron chi connectivity index (χ2n) is 3.92. The van der Waals surface area contributed by atoms with Crippen LogP contribution in [0.25, 0.3) is 0 Å². The Morgan fingerprint density at radius 1 is 1.21 bits per heavy atom. The third kappa shape index (κ3) is 3.23. The molecule has 102 valence electrons. The first kappa shape index (κ1) is 14.2. The summed E-state index contributed by atoms with van der Waals surface area (Å²) in [5.41, 5.74) is 0. The van der Waals surface area contributed by atoms with E-state index in [1.807, 2.05) is 0 Å². The van der Waals surface area contributed by atoms with E-state index < -0.39 is 15.8 Å². The Bertz CT molecular complexity index is 667. The Balaban J connectivity index is 2.21. The van der Waals surface area contributed by atoms with Crippen molar-refractivity contribution in [2.45, 2.75) is 11.4 Å². The molecule has 0 amide bonds. The highest BCUT2D eigenvalue weighted by Gasteiger charge is 2.21. The molecular formula is C12H11BrFNO3S. The lowest BCUT2D eigenvalue weighted by Gasteiger charge is -2.15. The molecule has 0 spiro atoms.